The number of carbonyl (C=O) groups is 2. The number of para-hydroxylation sites is 1. The predicted octanol–water partition coefficient (Wildman–Crippen LogP) is 6.14. The first kappa shape index (κ1) is 22.8. The lowest BCUT2D eigenvalue weighted by molar-refractivity contribution is -0.116. The predicted molar refractivity (Wildman–Crippen MR) is 128 cm³/mol. The van der Waals surface area contributed by atoms with Crippen LogP contribution in [0.5, 0.6) is 0 Å². The molecular formula is C28H24F2N2O3. The molecule has 0 spiro atoms. The first-order chi connectivity index (χ1) is 16.8. The summed E-state index contributed by atoms with van der Waals surface area (Å²) in [7, 11) is 0. The first-order valence-corrected chi connectivity index (χ1v) is 11.5. The normalized spacial score (nSPS) is 17.8. The molecule has 35 heavy (non-hydrogen) atoms. The Morgan fingerprint density at radius 3 is 2.63 bits per heavy atom. The van der Waals surface area contributed by atoms with Crippen LogP contribution < -0.4 is 10.6 Å². The molecule has 3 aromatic rings. The summed E-state index contributed by atoms with van der Waals surface area (Å²) in [6.45, 7) is 3.70. The van der Waals surface area contributed by atoms with Gasteiger partial charge in [0, 0.05) is 35.1 Å². The van der Waals surface area contributed by atoms with Gasteiger partial charge in [-0.1, -0.05) is 18.2 Å². The van der Waals surface area contributed by atoms with E-state index in [1.54, 1.807) is 19.1 Å². The second-order valence-electron chi connectivity index (χ2n) is 8.86. The summed E-state index contributed by atoms with van der Waals surface area (Å²) >= 11 is 0. The number of allylic oxidation sites excluding steroid dienone is 3. The lowest BCUT2D eigenvalue weighted by atomic mass is 9.77. The van der Waals surface area contributed by atoms with Gasteiger partial charge in [-0.2, -0.15) is 0 Å². The number of rotatable bonds is 4. The number of anilines is 1. The highest BCUT2D eigenvalue weighted by Crippen LogP contribution is 2.44. The van der Waals surface area contributed by atoms with E-state index in [1.165, 1.54) is 6.07 Å². The van der Waals surface area contributed by atoms with E-state index < -0.39 is 17.6 Å². The van der Waals surface area contributed by atoms with E-state index in [4.69, 9.17) is 4.42 Å². The second kappa shape index (κ2) is 8.98. The van der Waals surface area contributed by atoms with Crippen molar-refractivity contribution < 1.29 is 22.8 Å². The fraction of sp³-hybridized carbons (Fsp3) is 0.214. The van der Waals surface area contributed by atoms with Crippen molar-refractivity contribution in [1.29, 1.82) is 0 Å². The number of halogens is 2. The molecule has 1 aliphatic carbocycles. The minimum Gasteiger partial charge on any atom is -0.460 e. The highest BCUT2D eigenvalue weighted by atomic mass is 19.1. The molecule has 7 heteroatoms. The van der Waals surface area contributed by atoms with E-state index in [-0.39, 0.29) is 23.0 Å². The van der Waals surface area contributed by atoms with E-state index in [9.17, 15) is 18.4 Å². The monoisotopic (exact) mass is 474 g/mol. The number of nitrogens with one attached hydrogen (secondary N) is 2. The summed E-state index contributed by atoms with van der Waals surface area (Å²) in [6, 6.07) is 13.9. The molecule has 1 aliphatic heterocycles. The number of aryl methyl sites for hydroxylation is 1. The molecule has 2 aliphatic rings. The van der Waals surface area contributed by atoms with Crippen molar-refractivity contribution >= 4 is 17.4 Å². The molecule has 5 rings (SSSR count). The van der Waals surface area contributed by atoms with Gasteiger partial charge in [0.15, 0.2) is 5.78 Å². The van der Waals surface area contributed by atoms with Gasteiger partial charge in [0.1, 0.15) is 23.2 Å². The maximum Gasteiger partial charge on any atom is 0.254 e. The molecule has 0 bridgehead atoms. The van der Waals surface area contributed by atoms with Crippen LogP contribution in [-0.2, 0) is 9.59 Å². The van der Waals surface area contributed by atoms with Crippen molar-refractivity contribution in [1.82, 2.24) is 5.32 Å². The zero-order valence-electron chi connectivity index (χ0n) is 19.4. The summed E-state index contributed by atoms with van der Waals surface area (Å²) in [5, 5.41) is 6.23. The SMILES string of the molecule is CC1=C(C(=O)Nc2ccccc2C)C(c2ccc(-c3ccc(F)cc3F)o2)C2=C(CCCC2=O)N1. The minimum atomic E-state index is -0.755. The van der Waals surface area contributed by atoms with Gasteiger partial charge in [-0.3, -0.25) is 9.59 Å². The molecule has 0 fully saturated rings. The lowest BCUT2D eigenvalue weighted by Crippen LogP contribution is -2.35. The van der Waals surface area contributed by atoms with Crippen LogP contribution in [0.4, 0.5) is 14.5 Å². The Balaban J connectivity index is 1.59. The third-order valence-corrected chi connectivity index (χ3v) is 6.52. The van der Waals surface area contributed by atoms with Gasteiger partial charge in [-0.05, 0) is 62.6 Å². The number of amides is 1. The van der Waals surface area contributed by atoms with Gasteiger partial charge in [-0.15, -0.1) is 0 Å². The number of dihydropyridines is 1. The molecule has 0 saturated carbocycles. The third-order valence-electron chi connectivity index (χ3n) is 6.52. The average molecular weight is 475 g/mol. The molecule has 2 N–H and O–H groups in total. The van der Waals surface area contributed by atoms with Gasteiger partial charge in [-0.25, -0.2) is 8.78 Å². The molecule has 1 amide bonds. The number of furan rings is 1. The number of hydrogen-bond donors (Lipinski definition) is 2. The van der Waals surface area contributed by atoms with Crippen LogP contribution in [0, 0.1) is 18.6 Å². The maximum absolute atomic E-state index is 14.4. The van der Waals surface area contributed by atoms with Crippen LogP contribution in [0.2, 0.25) is 0 Å². The Labute approximate surface area is 201 Å². The Morgan fingerprint density at radius 2 is 1.86 bits per heavy atom. The highest BCUT2D eigenvalue weighted by molar-refractivity contribution is 6.09. The molecule has 0 radical (unpaired) electrons. The van der Waals surface area contributed by atoms with E-state index in [0.717, 1.165) is 29.8 Å². The van der Waals surface area contributed by atoms with Crippen LogP contribution in [0.15, 0.2) is 81.6 Å². The maximum atomic E-state index is 14.4. The molecule has 2 aromatic carbocycles. The molecule has 2 heterocycles. The van der Waals surface area contributed by atoms with Crippen molar-refractivity contribution in [2.75, 3.05) is 5.32 Å². The Bertz CT molecular complexity index is 1420. The quantitative estimate of drug-likeness (QED) is 0.477. The Morgan fingerprint density at radius 1 is 1.06 bits per heavy atom. The van der Waals surface area contributed by atoms with Crippen molar-refractivity contribution in [3.8, 4) is 11.3 Å². The third kappa shape index (κ3) is 4.18. The number of hydrogen-bond acceptors (Lipinski definition) is 4. The van der Waals surface area contributed by atoms with Crippen LogP contribution in [-0.4, -0.2) is 11.7 Å². The summed E-state index contributed by atoms with van der Waals surface area (Å²) in [4.78, 5) is 26.6. The minimum absolute atomic E-state index is 0.0524. The lowest BCUT2D eigenvalue weighted by Gasteiger charge is -2.33. The molecule has 1 aromatic heterocycles. The van der Waals surface area contributed by atoms with Gasteiger partial charge in [0.2, 0.25) is 0 Å². The largest absolute Gasteiger partial charge is 0.460 e. The summed E-state index contributed by atoms with van der Waals surface area (Å²) in [5.74, 6) is -2.06. The Kier molecular flexibility index (Phi) is 5.84. The zero-order valence-corrected chi connectivity index (χ0v) is 19.4. The zero-order chi connectivity index (χ0) is 24.7. The summed E-state index contributed by atoms with van der Waals surface area (Å²) < 4.78 is 33.9. The molecule has 178 valence electrons. The fourth-order valence-corrected chi connectivity index (χ4v) is 4.81. The van der Waals surface area contributed by atoms with Gasteiger partial charge >= 0.3 is 0 Å². The van der Waals surface area contributed by atoms with Gasteiger partial charge in [0.05, 0.1) is 17.1 Å². The molecule has 1 unspecified atom stereocenters. The standard InChI is InChI=1S/C28H24F2N2O3/c1-15-6-3-4-7-20(15)32-28(34)25-16(2)31-21-8-5-9-22(33)26(21)27(25)24-13-12-23(35-24)18-11-10-17(29)14-19(18)30/h3-4,6-7,10-14,27,31H,5,8-9H2,1-2H3,(H,32,34). The number of carbonyl (C=O) groups excluding carboxylic acids is 2. The van der Waals surface area contributed by atoms with Crippen LogP contribution >= 0.6 is 0 Å². The van der Waals surface area contributed by atoms with E-state index in [0.29, 0.717) is 41.1 Å². The van der Waals surface area contributed by atoms with Crippen molar-refractivity contribution in [3.05, 3.63) is 100 Å². The van der Waals surface area contributed by atoms with E-state index in [2.05, 4.69) is 10.6 Å². The number of benzene rings is 2. The Hall–Kier alpha value is -4.00. The van der Waals surface area contributed by atoms with E-state index in [1.807, 2.05) is 31.2 Å². The van der Waals surface area contributed by atoms with Crippen molar-refractivity contribution in [2.45, 2.75) is 39.0 Å². The van der Waals surface area contributed by atoms with Crippen molar-refractivity contribution in [3.63, 3.8) is 0 Å². The highest BCUT2D eigenvalue weighted by Gasteiger charge is 2.40. The topological polar surface area (TPSA) is 71.3 Å². The number of ketones is 1. The van der Waals surface area contributed by atoms with Crippen LogP contribution in [0.25, 0.3) is 11.3 Å². The molecule has 5 nitrogen and oxygen atoms in total. The average Bonchev–Trinajstić information content (AvgIpc) is 3.29. The second-order valence-corrected chi connectivity index (χ2v) is 8.86. The molecular weight excluding hydrogens is 450 g/mol. The van der Waals surface area contributed by atoms with E-state index >= 15 is 0 Å². The molecule has 1 atom stereocenters. The van der Waals surface area contributed by atoms with Gasteiger partial charge in [0.25, 0.3) is 5.91 Å². The first-order valence-electron chi connectivity index (χ1n) is 11.5. The van der Waals surface area contributed by atoms with Crippen molar-refractivity contribution in [2.24, 2.45) is 0 Å². The smallest absolute Gasteiger partial charge is 0.254 e. The van der Waals surface area contributed by atoms with Crippen LogP contribution in [0.3, 0.4) is 0 Å². The summed E-state index contributed by atoms with van der Waals surface area (Å²) in [5.41, 5.74) is 3.94. The number of Topliss-reactive ketones (excluding diaryl/α,β-unsaturated/α-hetero) is 1. The van der Waals surface area contributed by atoms with Gasteiger partial charge < -0.3 is 15.1 Å². The summed E-state index contributed by atoms with van der Waals surface area (Å²) in [6.07, 6.45) is 1.78. The van der Waals surface area contributed by atoms with Crippen LogP contribution in [0.1, 0.15) is 43.4 Å². The fourth-order valence-electron chi connectivity index (χ4n) is 4.81. The molecule has 0 saturated heterocycles.